The Balaban J connectivity index is 1.68. The first-order valence-corrected chi connectivity index (χ1v) is 12.5. The van der Waals surface area contributed by atoms with Crippen LogP contribution in [0.25, 0.3) is 11.1 Å². The molecule has 0 saturated carbocycles. The fourth-order valence-electron chi connectivity index (χ4n) is 5.44. The minimum absolute atomic E-state index is 0.170. The lowest BCUT2D eigenvalue weighted by atomic mass is 9.90. The minimum atomic E-state index is -0.397. The summed E-state index contributed by atoms with van der Waals surface area (Å²) in [6.07, 6.45) is 7.04. The Morgan fingerprint density at radius 3 is 2.35 bits per heavy atom. The topological polar surface area (TPSA) is 88.0 Å². The number of ether oxygens (including phenoxy) is 2. The van der Waals surface area contributed by atoms with Gasteiger partial charge in [0.15, 0.2) is 0 Å². The Morgan fingerprint density at radius 2 is 1.62 bits per heavy atom. The average Bonchev–Trinajstić information content (AvgIpc) is 2.81. The number of aliphatic hydroxyl groups is 1. The molecule has 2 aliphatic rings. The number of carbonyl (C=O) groups is 1. The third-order valence-electron chi connectivity index (χ3n) is 7.15. The lowest BCUT2D eigenvalue weighted by Gasteiger charge is -2.34. The number of hydrogen-bond acceptors (Lipinski definition) is 6. The van der Waals surface area contributed by atoms with E-state index in [2.05, 4.69) is 11.4 Å². The number of esters is 1. The van der Waals surface area contributed by atoms with Gasteiger partial charge in [0.05, 0.1) is 13.2 Å². The van der Waals surface area contributed by atoms with Gasteiger partial charge in [-0.1, -0.05) is 18.6 Å². The smallest absolute Gasteiger partial charge is 0.302 e. The van der Waals surface area contributed by atoms with Crippen LogP contribution in [0.4, 0.5) is 0 Å². The molecule has 0 aliphatic carbocycles. The summed E-state index contributed by atoms with van der Waals surface area (Å²) in [7, 11) is 1.63. The number of piperidine rings is 1. The van der Waals surface area contributed by atoms with Crippen LogP contribution in [0.15, 0.2) is 36.4 Å². The number of fused-ring (bicyclic) bond motifs is 7. The van der Waals surface area contributed by atoms with Gasteiger partial charge in [-0.05, 0) is 86.8 Å². The summed E-state index contributed by atoms with van der Waals surface area (Å²) in [5.74, 6) is 0.646. The van der Waals surface area contributed by atoms with E-state index in [1.54, 1.807) is 13.2 Å². The van der Waals surface area contributed by atoms with E-state index in [1.807, 2.05) is 24.3 Å². The molecule has 4 atom stereocenters. The van der Waals surface area contributed by atoms with Crippen LogP contribution in [-0.4, -0.2) is 47.6 Å². The lowest BCUT2D eigenvalue weighted by molar-refractivity contribution is -0.147. The van der Waals surface area contributed by atoms with Gasteiger partial charge in [-0.2, -0.15) is 0 Å². The van der Waals surface area contributed by atoms with E-state index >= 15 is 0 Å². The third kappa shape index (κ3) is 6.30. The van der Waals surface area contributed by atoms with Crippen LogP contribution in [0.1, 0.15) is 63.0 Å². The summed E-state index contributed by atoms with van der Waals surface area (Å²) in [6, 6.07) is 12.2. The summed E-state index contributed by atoms with van der Waals surface area (Å²) < 4.78 is 11.3. The first-order chi connectivity index (χ1) is 16.4. The molecule has 2 aromatic rings. The van der Waals surface area contributed by atoms with Crippen LogP contribution >= 0.6 is 0 Å². The number of phenolic OH excluding ortho intramolecular Hbond substituents is 1. The second-order valence-corrected chi connectivity index (χ2v) is 9.81. The Morgan fingerprint density at radius 1 is 0.941 bits per heavy atom. The molecule has 6 heteroatoms. The van der Waals surface area contributed by atoms with Gasteiger partial charge in [-0.25, -0.2) is 0 Å². The quantitative estimate of drug-likeness (QED) is 0.563. The predicted octanol–water partition coefficient (Wildman–Crippen LogP) is 4.53. The molecule has 0 spiro atoms. The van der Waals surface area contributed by atoms with Crippen LogP contribution in [0.3, 0.4) is 0 Å². The molecule has 0 radical (unpaired) electrons. The zero-order valence-corrected chi connectivity index (χ0v) is 20.3. The maximum atomic E-state index is 11.8. The van der Waals surface area contributed by atoms with Crippen molar-refractivity contribution in [2.24, 2.45) is 0 Å². The normalized spacial score (nSPS) is 25.7. The molecule has 2 aliphatic heterocycles. The molecule has 2 aromatic carbocycles. The Hall–Kier alpha value is -2.57. The number of aromatic hydroxyl groups is 1. The maximum absolute atomic E-state index is 11.8. The van der Waals surface area contributed by atoms with Crippen molar-refractivity contribution in [3.63, 3.8) is 0 Å². The van der Waals surface area contributed by atoms with Gasteiger partial charge in [0.2, 0.25) is 0 Å². The summed E-state index contributed by atoms with van der Waals surface area (Å²) in [6.45, 7) is 1.47. The molecule has 1 fully saturated rings. The van der Waals surface area contributed by atoms with Gasteiger partial charge in [0.1, 0.15) is 17.6 Å². The highest BCUT2D eigenvalue weighted by Gasteiger charge is 2.27. The van der Waals surface area contributed by atoms with Gasteiger partial charge in [0.25, 0.3) is 0 Å². The van der Waals surface area contributed by atoms with Gasteiger partial charge >= 0.3 is 5.97 Å². The van der Waals surface area contributed by atoms with Crippen LogP contribution < -0.4 is 10.1 Å². The SMILES string of the molecule is COc1ccc2cc1-c1cc(ccc1O)CCC(O)C[C@@H]1CCC[C@@H](C[C@@H](OC(C)=O)CC2)N1. The number of nitrogens with one attached hydrogen (secondary N) is 1. The van der Waals surface area contributed by atoms with E-state index in [0.29, 0.717) is 18.6 Å². The summed E-state index contributed by atoms with van der Waals surface area (Å²) in [5, 5.41) is 25.1. The highest BCUT2D eigenvalue weighted by Crippen LogP contribution is 2.38. The second kappa shape index (κ2) is 11.2. The van der Waals surface area contributed by atoms with E-state index < -0.39 is 6.10 Å². The summed E-state index contributed by atoms with van der Waals surface area (Å²) in [5.41, 5.74) is 3.75. The van der Waals surface area contributed by atoms with Crippen LogP contribution in [0, 0.1) is 0 Å². The molecule has 1 saturated heterocycles. The van der Waals surface area contributed by atoms with Crippen molar-refractivity contribution in [2.45, 2.75) is 89.0 Å². The Labute approximate surface area is 202 Å². The van der Waals surface area contributed by atoms with E-state index in [-0.39, 0.29) is 29.9 Å². The number of rotatable bonds is 2. The molecule has 184 valence electrons. The van der Waals surface area contributed by atoms with E-state index in [4.69, 9.17) is 9.47 Å². The maximum Gasteiger partial charge on any atom is 0.302 e. The van der Waals surface area contributed by atoms with Gasteiger partial charge < -0.3 is 25.0 Å². The second-order valence-electron chi connectivity index (χ2n) is 9.81. The molecule has 4 rings (SSSR count). The zero-order chi connectivity index (χ0) is 24.1. The molecule has 1 unspecified atom stereocenters. The number of methoxy groups -OCH3 is 1. The molecule has 6 nitrogen and oxygen atoms in total. The highest BCUT2D eigenvalue weighted by atomic mass is 16.5. The fourth-order valence-corrected chi connectivity index (χ4v) is 5.44. The third-order valence-corrected chi connectivity index (χ3v) is 7.15. The van der Waals surface area contributed by atoms with E-state index in [9.17, 15) is 15.0 Å². The standard InChI is InChI=1S/C28H37NO5/c1-18(30)34-24-11-7-20-9-13-28(33-2)26(15-20)25-14-19(8-12-27(25)32)6-10-23(31)16-21-4-3-5-22(17-24)29-21/h8-9,12-15,21-24,29,31-32H,3-7,10-11,16-17H2,1-2H3/t21-,22-,23?,24-/m0/s1. The molecule has 6 bridgehead atoms. The molecule has 2 heterocycles. The van der Waals surface area contributed by atoms with Crippen molar-refractivity contribution >= 4 is 5.97 Å². The Bertz CT molecular complexity index is 991. The van der Waals surface area contributed by atoms with E-state index in [0.717, 1.165) is 67.2 Å². The van der Waals surface area contributed by atoms with Crippen LogP contribution in [0.5, 0.6) is 11.5 Å². The van der Waals surface area contributed by atoms with E-state index in [1.165, 1.54) is 6.92 Å². The van der Waals surface area contributed by atoms with Gasteiger partial charge in [-0.15, -0.1) is 0 Å². The number of phenols is 1. The molecule has 3 N–H and O–H groups in total. The van der Waals surface area contributed by atoms with Crippen molar-refractivity contribution < 1.29 is 24.5 Å². The number of aliphatic hydroxyl groups excluding tert-OH is 1. The lowest BCUT2D eigenvalue weighted by Crippen LogP contribution is -2.45. The number of benzene rings is 2. The van der Waals surface area contributed by atoms with Crippen molar-refractivity contribution in [1.29, 1.82) is 0 Å². The average molecular weight is 468 g/mol. The molecule has 34 heavy (non-hydrogen) atoms. The van der Waals surface area contributed by atoms with Crippen molar-refractivity contribution in [3.8, 4) is 22.6 Å². The minimum Gasteiger partial charge on any atom is -0.507 e. The number of hydrogen-bond donors (Lipinski definition) is 3. The molecule has 0 amide bonds. The van der Waals surface area contributed by atoms with Crippen LogP contribution in [0.2, 0.25) is 0 Å². The zero-order valence-electron chi connectivity index (χ0n) is 20.3. The van der Waals surface area contributed by atoms with Crippen LogP contribution in [-0.2, 0) is 22.4 Å². The molecular formula is C28H37NO5. The van der Waals surface area contributed by atoms with Crippen molar-refractivity contribution in [2.75, 3.05) is 7.11 Å². The van der Waals surface area contributed by atoms with Crippen molar-refractivity contribution in [1.82, 2.24) is 5.32 Å². The van der Waals surface area contributed by atoms with Crippen molar-refractivity contribution in [3.05, 3.63) is 47.5 Å². The first-order valence-electron chi connectivity index (χ1n) is 12.5. The fraction of sp³-hybridized carbons (Fsp3) is 0.536. The monoisotopic (exact) mass is 467 g/mol. The first kappa shape index (κ1) is 24.6. The number of carbonyl (C=O) groups excluding carboxylic acids is 1. The molecular weight excluding hydrogens is 430 g/mol. The highest BCUT2D eigenvalue weighted by molar-refractivity contribution is 5.76. The molecule has 0 aromatic heterocycles. The summed E-state index contributed by atoms with van der Waals surface area (Å²) in [4.78, 5) is 11.8. The number of aryl methyl sites for hydroxylation is 2. The Kier molecular flexibility index (Phi) is 8.11. The van der Waals surface area contributed by atoms with Gasteiger partial charge in [0, 0.05) is 30.1 Å². The predicted molar refractivity (Wildman–Crippen MR) is 132 cm³/mol. The van der Waals surface area contributed by atoms with Gasteiger partial charge in [-0.3, -0.25) is 4.79 Å². The largest absolute Gasteiger partial charge is 0.507 e. The summed E-state index contributed by atoms with van der Waals surface area (Å²) >= 11 is 0.